The summed E-state index contributed by atoms with van der Waals surface area (Å²) in [6.07, 6.45) is 0.533. The summed E-state index contributed by atoms with van der Waals surface area (Å²) in [4.78, 5) is 39.1. The smallest absolute Gasteiger partial charge is 0.407 e. The van der Waals surface area contributed by atoms with Crippen LogP contribution in [0.25, 0.3) is 11.1 Å². The van der Waals surface area contributed by atoms with Gasteiger partial charge in [-0.3, -0.25) is 9.59 Å². The molecule has 2 aromatic carbocycles. The minimum Gasteiger partial charge on any atom is -0.481 e. The first-order valence-corrected chi connectivity index (χ1v) is 11.8. The van der Waals surface area contributed by atoms with Gasteiger partial charge in [0.2, 0.25) is 5.91 Å². The van der Waals surface area contributed by atoms with Gasteiger partial charge >= 0.3 is 12.1 Å². The number of piperidine rings is 1. The molecule has 1 fully saturated rings. The maximum atomic E-state index is 13.3. The number of carbonyl (C=O) groups excluding carboxylic acids is 2. The monoisotopic (exact) mass is 464 g/mol. The number of nitrogens with one attached hydrogen (secondary N) is 1. The van der Waals surface area contributed by atoms with E-state index in [0.29, 0.717) is 19.4 Å². The summed E-state index contributed by atoms with van der Waals surface area (Å²) >= 11 is 0. The lowest BCUT2D eigenvalue weighted by Crippen LogP contribution is -2.57. The lowest BCUT2D eigenvalue weighted by Gasteiger charge is -2.37. The summed E-state index contributed by atoms with van der Waals surface area (Å²) in [5, 5.41) is 12.1. The number of carboxylic acid groups (broad SMARTS) is 1. The van der Waals surface area contributed by atoms with Crippen molar-refractivity contribution in [3.63, 3.8) is 0 Å². The third-order valence-electron chi connectivity index (χ3n) is 6.80. The van der Waals surface area contributed by atoms with Crippen molar-refractivity contribution in [3.05, 3.63) is 59.7 Å². The van der Waals surface area contributed by atoms with E-state index in [0.717, 1.165) is 22.3 Å². The Morgan fingerprint density at radius 1 is 1.06 bits per heavy atom. The van der Waals surface area contributed by atoms with Crippen LogP contribution in [0.15, 0.2) is 48.5 Å². The molecule has 2 aromatic rings. The van der Waals surface area contributed by atoms with Crippen LogP contribution in [0.3, 0.4) is 0 Å². The molecule has 4 rings (SSSR count). The third kappa shape index (κ3) is 4.79. The molecule has 1 saturated heterocycles. The van der Waals surface area contributed by atoms with Crippen LogP contribution in [-0.2, 0) is 14.3 Å². The Morgan fingerprint density at radius 2 is 1.65 bits per heavy atom. The number of benzene rings is 2. The molecule has 2 atom stereocenters. The van der Waals surface area contributed by atoms with Gasteiger partial charge in [-0.2, -0.15) is 0 Å². The Kier molecular flexibility index (Phi) is 6.64. The van der Waals surface area contributed by atoms with Crippen molar-refractivity contribution < 1.29 is 24.2 Å². The van der Waals surface area contributed by atoms with Crippen LogP contribution in [0.1, 0.15) is 50.7 Å². The molecule has 1 aliphatic carbocycles. The maximum absolute atomic E-state index is 13.3. The number of likely N-dealkylation sites (tertiary alicyclic amines) is 1. The first kappa shape index (κ1) is 23.8. The normalized spacial score (nSPS) is 18.6. The van der Waals surface area contributed by atoms with Gasteiger partial charge < -0.3 is 20.1 Å². The zero-order valence-corrected chi connectivity index (χ0v) is 19.9. The highest BCUT2D eigenvalue weighted by atomic mass is 16.5. The molecular weight excluding hydrogens is 432 g/mol. The number of hydrogen-bond acceptors (Lipinski definition) is 4. The van der Waals surface area contributed by atoms with Crippen molar-refractivity contribution >= 4 is 18.0 Å². The van der Waals surface area contributed by atoms with Gasteiger partial charge in [0.15, 0.2) is 0 Å². The zero-order chi connectivity index (χ0) is 24.5. The fourth-order valence-corrected chi connectivity index (χ4v) is 4.97. The molecule has 0 radical (unpaired) electrons. The van der Waals surface area contributed by atoms with E-state index in [2.05, 4.69) is 29.6 Å². The van der Waals surface area contributed by atoms with Crippen LogP contribution >= 0.6 is 0 Å². The molecule has 2 N–H and O–H groups in total. The number of nitrogens with zero attached hydrogens (tertiary/aromatic N) is 1. The number of amides is 2. The number of rotatable bonds is 5. The molecule has 0 bridgehead atoms. The quantitative estimate of drug-likeness (QED) is 0.689. The number of fused-ring (bicyclic) bond motifs is 3. The van der Waals surface area contributed by atoms with E-state index < -0.39 is 29.4 Å². The molecule has 2 amide bonds. The SMILES string of the molecule is CC(C)(C)[C@@H](NC(=O)OCC1c2ccccc2-c2ccccc21)C(=O)N1CCC[C@@H](C(=O)O)C1. The molecule has 1 aliphatic heterocycles. The molecule has 7 heteroatoms. The van der Waals surface area contributed by atoms with Gasteiger partial charge in [-0.05, 0) is 40.5 Å². The minimum absolute atomic E-state index is 0.0691. The van der Waals surface area contributed by atoms with Gasteiger partial charge in [-0.1, -0.05) is 69.3 Å². The Morgan fingerprint density at radius 3 is 2.21 bits per heavy atom. The summed E-state index contributed by atoms with van der Waals surface area (Å²) in [6, 6.07) is 15.4. The summed E-state index contributed by atoms with van der Waals surface area (Å²) in [5.74, 6) is -1.81. The van der Waals surface area contributed by atoms with Gasteiger partial charge in [-0.25, -0.2) is 4.79 Å². The molecule has 180 valence electrons. The molecule has 1 heterocycles. The van der Waals surface area contributed by atoms with Crippen LogP contribution in [0.2, 0.25) is 0 Å². The highest BCUT2D eigenvalue weighted by Gasteiger charge is 2.39. The maximum Gasteiger partial charge on any atom is 0.407 e. The summed E-state index contributed by atoms with van der Waals surface area (Å²) in [6.45, 7) is 6.43. The Hall–Kier alpha value is -3.35. The standard InChI is InChI=1S/C27H32N2O5/c1-27(2,3)23(24(30)29-14-8-9-17(15-29)25(31)32)28-26(33)34-16-22-20-12-6-4-10-18(20)19-11-5-7-13-21(19)22/h4-7,10-13,17,22-23H,8-9,14-16H2,1-3H3,(H,28,33)(H,31,32)/t17-,23+/m1/s1. The molecular formula is C27H32N2O5. The van der Waals surface area contributed by atoms with E-state index in [9.17, 15) is 19.5 Å². The van der Waals surface area contributed by atoms with E-state index in [1.54, 1.807) is 4.90 Å². The molecule has 0 spiro atoms. The topological polar surface area (TPSA) is 95.9 Å². The summed E-state index contributed by atoms with van der Waals surface area (Å²) in [5.41, 5.74) is 3.96. The second kappa shape index (κ2) is 9.49. The van der Waals surface area contributed by atoms with Crippen LogP contribution in [0, 0.1) is 11.3 Å². The first-order chi connectivity index (χ1) is 16.2. The predicted molar refractivity (Wildman–Crippen MR) is 128 cm³/mol. The molecule has 0 unspecified atom stereocenters. The van der Waals surface area contributed by atoms with Crippen LogP contribution in [-0.4, -0.2) is 53.7 Å². The number of ether oxygens (including phenoxy) is 1. The zero-order valence-electron chi connectivity index (χ0n) is 19.9. The van der Waals surface area contributed by atoms with Gasteiger partial charge in [0.05, 0.1) is 5.92 Å². The van der Waals surface area contributed by atoms with Crippen molar-refractivity contribution in [3.8, 4) is 11.1 Å². The van der Waals surface area contributed by atoms with E-state index in [1.165, 1.54) is 0 Å². The van der Waals surface area contributed by atoms with Crippen molar-refractivity contribution in [2.45, 2.75) is 45.6 Å². The Labute approximate surface area is 200 Å². The average Bonchev–Trinajstić information content (AvgIpc) is 3.14. The lowest BCUT2D eigenvalue weighted by atomic mass is 9.85. The number of carbonyl (C=O) groups is 3. The van der Waals surface area contributed by atoms with E-state index in [-0.39, 0.29) is 25.0 Å². The fourth-order valence-electron chi connectivity index (χ4n) is 4.97. The number of hydrogen-bond donors (Lipinski definition) is 2. The van der Waals surface area contributed by atoms with Gasteiger partial charge in [0, 0.05) is 19.0 Å². The van der Waals surface area contributed by atoms with E-state index in [1.807, 2.05) is 45.0 Å². The molecule has 34 heavy (non-hydrogen) atoms. The molecule has 0 saturated carbocycles. The van der Waals surface area contributed by atoms with E-state index >= 15 is 0 Å². The summed E-state index contributed by atoms with van der Waals surface area (Å²) < 4.78 is 5.65. The largest absolute Gasteiger partial charge is 0.481 e. The predicted octanol–water partition coefficient (Wildman–Crippen LogP) is 4.26. The molecule has 0 aromatic heterocycles. The van der Waals surface area contributed by atoms with Gasteiger partial charge in [-0.15, -0.1) is 0 Å². The molecule has 7 nitrogen and oxygen atoms in total. The van der Waals surface area contributed by atoms with Crippen LogP contribution < -0.4 is 5.32 Å². The van der Waals surface area contributed by atoms with Crippen molar-refractivity contribution in [1.29, 1.82) is 0 Å². The highest BCUT2D eigenvalue weighted by Crippen LogP contribution is 2.44. The summed E-state index contributed by atoms with van der Waals surface area (Å²) in [7, 11) is 0. The Balaban J connectivity index is 1.44. The second-order valence-electron chi connectivity index (χ2n) is 10.2. The highest BCUT2D eigenvalue weighted by molar-refractivity contribution is 5.87. The average molecular weight is 465 g/mol. The lowest BCUT2D eigenvalue weighted by molar-refractivity contribution is -0.147. The third-order valence-corrected chi connectivity index (χ3v) is 6.80. The minimum atomic E-state index is -0.894. The second-order valence-corrected chi connectivity index (χ2v) is 10.2. The van der Waals surface area contributed by atoms with Crippen molar-refractivity contribution in [2.75, 3.05) is 19.7 Å². The Bertz CT molecular complexity index is 1040. The van der Waals surface area contributed by atoms with Crippen LogP contribution in [0.5, 0.6) is 0 Å². The first-order valence-electron chi connectivity index (χ1n) is 11.8. The number of aliphatic carboxylic acids is 1. The van der Waals surface area contributed by atoms with Gasteiger partial charge in [0.25, 0.3) is 0 Å². The number of carboxylic acids is 1. The van der Waals surface area contributed by atoms with Crippen molar-refractivity contribution in [2.24, 2.45) is 11.3 Å². The van der Waals surface area contributed by atoms with E-state index in [4.69, 9.17) is 4.74 Å². The van der Waals surface area contributed by atoms with Gasteiger partial charge in [0.1, 0.15) is 12.6 Å². The van der Waals surface area contributed by atoms with Crippen LogP contribution in [0.4, 0.5) is 4.79 Å². The number of alkyl carbamates (subject to hydrolysis) is 1. The molecule has 2 aliphatic rings. The van der Waals surface area contributed by atoms with Crippen molar-refractivity contribution in [1.82, 2.24) is 10.2 Å². The fraction of sp³-hybridized carbons (Fsp3) is 0.444.